The third-order valence-electron chi connectivity index (χ3n) is 6.12. The fourth-order valence-corrected chi connectivity index (χ4v) is 4.59. The third-order valence-corrected chi connectivity index (χ3v) is 6.12. The first-order valence-corrected chi connectivity index (χ1v) is 10.3. The van der Waals surface area contributed by atoms with E-state index >= 15 is 0 Å². The summed E-state index contributed by atoms with van der Waals surface area (Å²) in [5.74, 6) is -10.5. The van der Waals surface area contributed by atoms with Crippen LogP contribution in [-0.4, -0.2) is 44.7 Å². The monoisotopic (exact) mass is 481 g/mol. The van der Waals surface area contributed by atoms with Gasteiger partial charge in [0.15, 0.2) is 11.6 Å². The lowest BCUT2D eigenvalue weighted by molar-refractivity contribution is -0.178. The largest absolute Gasteiger partial charge is 0.479 e. The smallest absolute Gasteiger partial charge is 0.329 e. The number of rotatable bonds is 6. The number of carboxylic acid groups (broad SMARTS) is 1. The van der Waals surface area contributed by atoms with Gasteiger partial charge < -0.3 is 20.3 Å². The Kier molecular flexibility index (Phi) is 5.49. The molecule has 2 amide bonds. The molecule has 0 radical (unpaired) electrons. The van der Waals surface area contributed by atoms with Crippen molar-refractivity contribution in [3.8, 4) is 0 Å². The molecule has 12 heteroatoms. The van der Waals surface area contributed by atoms with Gasteiger partial charge in [-0.15, -0.1) is 0 Å². The zero-order chi connectivity index (χ0) is 25.0. The first-order valence-electron chi connectivity index (χ1n) is 10.3. The molecule has 1 aliphatic carbocycles. The van der Waals surface area contributed by atoms with Crippen LogP contribution in [0.2, 0.25) is 0 Å². The Labute approximate surface area is 189 Å². The first kappa shape index (κ1) is 23.5. The number of hydrogen-bond acceptors (Lipinski definition) is 4. The second-order valence-electron chi connectivity index (χ2n) is 8.51. The number of carbonyl (C=O) groups excluding carboxylic acids is 3. The Bertz CT molecular complexity index is 1250. The number of Topliss-reactive ketones (excluding diaryl/α,β-unsaturated/α-hetero) is 1. The molecule has 2 aromatic rings. The van der Waals surface area contributed by atoms with Crippen molar-refractivity contribution in [2.75, 3.05) is 5.32 Å². The second kappa shape index (κ2) is 7.96. The van der Waals surface area contributed by atoms with E-state index in [1.165, 1.54) is 11.5 Å². The molecule has 1 saturated carbocycles. The molecule has 34 heavy (non-hydrogen) atoms. The number of anilines is 1. The SMILES string of the molecule is Cc1c(C(=O)Nc2ccc(F)c(F)c2)c2n(c1C(=O)C(=O)NC1(C(=O)O)CC(F)(F)C1)CCC2. The number of fused-ring (bicyclic) bond motifs is 1. The number of halogens is 4. The quantitative estimate of drug-likeness (QED) is 0.333. The Morgan fingerprint density at radius 3 is 2.35 bits per heavy atom. The second-order valence-corrected chi connectivity index (χ2v) is 8.51. The molecular formula is C22H19F4N3O5. The lowest BCUT2D eigenvalue weighted by Crippen LogP contribution is -2.67. The number of nitrogens with one attached hydrogen (secondary N) is 2. The predicted octanol–water partition coefficient (Wildman–Crippen LogP) is 2.82. The van der Waals surface area contributed by atoms with Crippen LogP contribution in [0.5, 0.6) is 0 Å². The van der Waals surface area contributed by atoms with Crippen LogP contribution in [0, 0.1) is 18.6 Å². The number of aliphatic carboxylic acids is 1. The molecule has 4 rings (SSSR count). The average molecular weight is 481 g/mol. The molecule has 180 valence electrons. The molecule has 1 fully saturated rings. The Balaban J connectivity index is 1.62. The molecule has 0 unspecified atom stereocenters. The summed E-state index contributed by atoms with van der Waals surface area (Å²) in [6, 6.07) is 2.78. The zero-order valence-electron chi connectivity index (χ0n) is 17.8. The van der Waals surface area contributed by atoms with Gasteiger partial charge >= 0.3 is 5.97 Å². The van der Waals surface area contributed by atoms with E-state index in [1.807, 2.05) is 5.32 Å². The fraction of sp³-hybridized carbons (Fsp3) is 0.364. The molecule has 8 nitrogen and oxygen atoms in total. The number of ketones is 1. The number of aromatic nitrogens is 1. The molecule has 0 saturated heterocycles. The van der Waals surface area contributed by atoms with Gasteiger partial charge in [-0.2, -0.15) is 0 Å². The van der Waals surface area contributed by atoms with Gasteiger partial charge in [-0.1, -0.05) is 0 Å². The number of carbonyl (C=O) groups is 4. The number of nitrogens with zero attached hydrogens (tertiary/aromatic N) is 1. The van der Waals surface area contributed by atoms with Crippen molar-refractivity contribution in [2.45, 2.75) is 50.6 Å². The molecule has 0 bridgehead atoms. The van der Waals surface area contributed by atoms with Gasteiger partial charge in [0.1, 0.15) is 5.54 Å². The highest BCUT2D eigenvalue weighted by Crippen LogP contribution is 2.45. The number of benzene rings is 1. The summed E-state index contributed by atoms with van der Waals surface area (Å²) in [6.45, 7) is 1.71. The van der Waals surface area contributed by atoms with Crippen molar-refractivity contribution >= 4 is 29.3 Å². The van der Waals surface area contributed by atoms with E-state index < -0.39 is 59.5 Å². The summed E-state index contributed by atoms with van der Waals surface area (Å²) >= 11 is 0. The molecule has 0 atom stereocenters. The average Bonchev–Trinajstić information content (AvgIpc) is 3.27. The minimum Gasteiger partial charge on any atom is -0.479 e. The van der Waals surface area contributed by atoms with Crippen LogP contribution < -0.4 is 10.6 Å². The molecule has 1 aromatic carbocycles. The molecular weight excluding hydrogens is 462 g/mol. The molecule has 1 aliphatic heterocycles. The lowest BCUT2D eigenvalue weighted by Gasteiger charge is -2.43. The minimum absolute atomic E-state index is 0.0267. The summed E-state index contributed by atoms with van der Waals surface area (Å²) < 4.78 is 54.8. The number of alkyl halides is 2. The summed E-state index contributed by atoms with van der Waals surface area (Å²) in [7, 11) is 0. The summed E-state index contributed by atoms with van der Waals surface area (Å²) in [5.41, 5.74) is -1.80. The third kappa shape index (κ3) is 3.82. The van der Waals surface area contributed by atoms with Crippen LogP contribution >= 0.6 is 0 Å². The minimum atomic E-state index is -3.27. The summed E-state index contributed by atoms with van der Waals surface area (Å²) in [5, 5.41) is 13.7. The molecule has 0 spiro atoms. The summed E-state index contributed by atoms with van der Waals surface area (Å²) in [4.78, 5) is 50.0. The van der Waals surface area contributed by atoms with Gasteiger partial charge in [-0.05, 0) is 37.5 Å². The van der Waals surface area contributed by atoms with E-state index in [2.05, 4.69) is 5.32 Å². The Hall–Kier alpha value is -3.70. The maximum atomic E-state index is 13.5. The van der Waals surface area contributed by atoms with Crippen molar-refractivity contribution in [1.29, 1.82) is 0 Å². The number of amides is 2. The van der Waals surface area contributed by atoms with E-state index in [-0.39, 0.29) is 22.5 Å². The van der Waals surface area contributed by atoms with Crippen molar-refractivity contribution in [3.63, 3.8) is 0 Å². The van der Waals surface area contributed by atoms with Crippen LogP contribution in [0.4, 0.5) is 23.2 Å². The molecule has 1 aromatic heterocycles. The van der Waals surface area contributed by atoms with Crippen LogP contribution in [0.15, 0.2) is 18.2 Å². The van der Waals surface area contributed by atoms with Crippen LogP contribution in [0.25, 0.3) is 0 Å². The van der Waals surface area contributed by atoms with E-state index in [4.69, 9.17) is 0 Å². The standard InChI is InChI=1S/C22H19F4N3O5/c1-10-15(18(31)27-11-4-5-12(23)13(24)7-11)14-3-2-6-29(14)16(10)17(30)19(32)28-21(20(33)34)8-22(25,26)9-21/h4-5,7H,2-3,6,8-9H2,1H3,(H,27,31)(H,28,32)(H,33,34). The van der Waals surface area contributed by atoms with E-state index in [9.17, 15) is 41.8 Å². The molecule has 2 heterocycles. The highest BCUT2D eigenvalue weighted by atomic mass is 19.3. The van der Waals surface area contributed by atoms with Crippen molar-refractivity contribution in [3.05, 3.63) is 52.3 Å². The van der Waals surface area contributed by atoms with Gasteiger partial charge in [0, 0.05) is 36.8 Å². The Morgan fingerprint density at radius 1 is 1.09 bits per heavy atom. The van der Waals surface area contributed by atoms with E-state index in [0.717, 1.165) is 18.2 Å². The topological polar surface area (TPSA) is 118 Å². The van der Waals surface area contributed by atoms with Gasteiger partial charge in [0.05, 0.1) is 11.3 Å². The van der Waals surface area contributed by atoms with Crippen molar-refractivity contribution in [1.82, 2.24) is 9.88 Å². The highest BCUT2D eigenvalue weighted by Gasteiger charge is 2.62. The van der Waals surface area contributed by atoms with Crippen LogP contribution in [0.3, 0.4) is 0 Å². The van der Waals surface area contributed by atoms with Crippen LogP contribution in [-0.2, 0) is 22.6 Å². The maximum absolute atomic E-state index is 13.5. The van der Waals surface area contributed by atoms with Crippen molar-refractivity contribution < 1.29 is 41.8 Å². The zero-order valence-corrected chi connectivity index (χ0v) is 17.8. The van der Waals surface area contributed by atoms with Gasteiger partial charge in [0.2, 0.25) is 0 Å². The highest BCUT2D eigenvalue weighted by molar-refractivity contribution is 6.43. The van der Waals surface area contributed by atoms with Gasteiger partial charge in [0.25, 0.3) is 23.5 Å². The Morgan fingerprint density at radius 2 is 1.76 bits per heavy atom. The van der Waals surface area contributed by atoms with E-state index in [0.29, 0.717) is 25.1 Å². The van der Waals surface area contributed by atoms with Gasteiger partial charge in [-0.25, -0.2) is 22.4 Å². The number of carboxylic acids is 1. The van der Waals surface area contributed by atoms with Gasteiger partial charge in [-0.3, -0.25) is 14.4 Å². The first-order chi connectivity index (χ1) is 15.8. The van der Waals surface area contributed by atoms with E-state index in [1.54, 1.807) is 0 Å². The summed E-state index contributed by atoms with van der Waals surface area (Å²) in [6.07, 6.45) is -1.33. The van der Waals surface area contributed by atoms with Crippen LogP contribution in [0.1, 0.15) is 51.4 Å². The van der Waals surface area contributed by atoms with Crippen molar-refractivity contribution in [2.24, 2.45) is 0 Å². The normalized spacial score (nSPS) is 17.4. The molecule has 3 N–H and O–H groups in total. The lowest BCUT2D eigenvalue weighted by atomic mass is 9.73. The fourth-order valence-electron chi connectivity index (χ4n) is 4.59. The predicted molar refractivity (Wildman–Crippen MR) is 109 cm³/mol. The maximum Gasteiger partial charge on any atom is 0.329 e. The number of hydrogen-bond donors (Lipinski definition) is 3. The molecule has 2 aliphatic rings.